The molecule has 0 fully saturated rings. The summed E-state index contributed by atoms with van der Waals surface area (Å²) in [5, 5.41) is 11.7. The number of nitrogens with zero attached hydrogens (tertiary/aromatic N) is 1. The van der Waals surface area contributed by atoms with Gasteiger partial charge >= 0.3 is 0 Å². The van der Waals surface area contributed by atoms with Gasteiger partial charge in [-0.25, -0.2) is 0 Å². The summed E-state index contributed by atoms with van der Waals surface area (Å²) in [6, 6.07) is 16.5. The van der Waals surface area contributed by atoms with E-state index in [1.54, 1.807) is 12.1 Å². The second-order valence-electron chi connectivity index (χ2n) is 5.88. The van der Waals surface area contributed by atoms with Gasteiger partial charge in [-0.1, -0.05) is 24.3 Å². The van der Waals surface area contributed by atoms with E-state index in [4.69, 9.17) is 14.7 Å². The summed E-state index contributed by atoms with van der Waals surface area (Å²) < 4.78 is 11.0. The van der Waals surface area contributed by atoms with Crippen molar-refractivity contribution in [2.75, 3.05) is 7.11 Å². The van der Waals surface area contributed by atoms with Gasteiger partial charge in [-0.3, -0.25) is 4.79 Å². The number of hydrogen-bond acceptors (Lipinski definition) is 4. The van der Waals surface area contributed by atoms with Crippen LogP contribution in [0.3, 0.4) is 0 Å². The lowest BCUT2D eigenvalue weighted by atomic mass is 10.1. The average molecular weight is 338 g/mol. The van der Waals surface area contributed by atoms with Crippen molar-refractivity contribution in [1.82, 2.24) is 5.32 Å². The predicted octanol–water partition coefficient (Wildman–Crippen LogP) is 3.35. The number of nitriles is 1. The Morgan fingerprint density at radius 1 is 1.12 bits per heavy atom. The molecule has 0 aliphatic rings. The summed E-state index contributed by atoms with van der Waals surface area (Å²) in [5.41, 5.74) is 2.27. The molecule has 0 aliphatic heterocycles. The number of carbonyl (C=O) groups excluding carboxylic acids is 1. The van der Waals surface area contributed by atoms with E-state index in [-0.39, 0.29) is 12.0 Å². The van der Waals surface area contributed by atoms with Crippen molar-refractivity contribution in [3.63, 3.8) is 0 Å². The lowest BCUT2D eigenvalue weighted by Gasteiger charge is -2.17. The summed E-state index contributed by atoms with van der Waals surface area (Å²) in [4.78, 5) is 12.4. The van der Waals surface area contributed by atoms with Crippen LogP contribution >= 0.6 is 0 Å². The zero-order valence-electron chi connectivity index (χ0n) is 14.7. The molecule has 0 bridgehead atoms. The van der Waals surface area contributed by atoms with E-state index in [0.717, 1.165) is 16.9 Å². The highest BCUT2D eigenvalue weighted by Gasteiger charge is 2.19. The molecular weight excluding hydrogens is 316 g/mol. The highest BCUT2D eigenvalue weighted by atomic mass is 16.5. The molecule has 0 spiro atoms. The fourth-order valence-corrected chi connectivity index (χ4v) is 2.37. The van der Waals surface area contributed by atoms with Crippen molar-refractivity contribution in [2.24, 2.45) is 0 Å². The third-order valence-corrected chi connectivity index (χ3v) is 3.58. The van der Waals surface area contributed by atoms with E-state index in [1.165, 1.54) is 7.11 Å². The Morgan fingerprint density at radius 2 is 1.76 bits per heavy atom. The summed E-state index contributed by atoms with van der Waals surface area (Å²) >= 11 is 0. The van der Waals surface area contributed by atoms with Crippen molar-refractivity contribution < 1.29 is 14.3 Å². The van der Waals surface area contributed by atoms with E-state index in [0.29, 0.717) is 12.1 Å². The maximum absolute atomic E-state index is 12.4. The molecule has 1 amide bonds. The van der Waals surface area contributed by atoms with Gasteiger partial charge in [-0.05, 0) is 49.2 Å². The van der Waals surface area contributed by atoms with Gasteiger partial charge < -0.3 is 14.8 Å². The molecule has 1 N–H and O–H groups in total. The second-order valence-corrected chi connectivity index (χ2v) is 5.88. The number of amides is 1. The van der Waals surface area contributed by atoms with Gasteiger partial charge in [0.05, 0.1) is 17.7 Å². The van der Waals surface area contributed by atoms with Crippen LogP contribution in [0, 0.1) is 11.3 Å². The third kappa shape index (κ3) is 5.33. The zero-order valence-corrected chi connectivity index (χ0v) is 14.7. The largest absolute Gasteiger partial charge is 0.491 e. The minimum absolute atomic E-state index is 0.0970. The van der Waals surface area contributed by atoms with Crippen molar-refractivity contribution in [1.29, 1.82) is 5.26 Å². The number of rotatable bonds is 7. The summed E-state index contributed by atoms with van der Waals surface area (Å²) in [5.74, 6) is 0.538. The Balaban J connectivity index is 1.98. The first-order chi connectivity index (χ1) is 12.0. The molecule has 1 atom stereocenters. The topological polar surface area (TPSA) is 71.3 Å². The highest BCUT2D eigenvalue weighted by molar-refractivity contribution is 5.82. The second kappa shape index (κ2) is 8.86. The summed E-state index contributed by atoms with van der Waals surface area (Å²) in [6.45, 7) is 4.30. The van der Waals surface area contributed by atoms with Crippen molar-refractivity contribution in [2.45, 2.75) is 32.6 Å². The maximum atomic E-state index is 12.4. The molecule has 0 saturated carbocycles. The fraction of sp³-hybridized carbons (Fsp3) is 0.300. The smallest absolute Gasteiger partial charge is 0.254 e. The molecule has 0 saturated heterocycles. The maximum Gasteiger partial charge on any atom is 0.254 e. The average Bonchev–Trinajstić information content (AvgIpc) is 2.62. The molecular formula is C20H22N2O3. The van der Waals surface area contributed by atoms with Gasteiger partial charge in [0.2, 0.25) is 0 Å². The molecule has 0 radical (unpaired) electrons. The van der Waals surface area contributed by atoms with Gasteiger partial charge in [-0.2, -0.15) is 5.26 Å². The summed E-state index contributed by atoms with van der Waals surface area (Å²) in [6.07, 6.45) is -0.591. The van der Waals surface area contributed by atoms with E-state index >= 15 is 0 Å². The molecule has 1 unspecified atom stereocenters. The van der Waals surface area contributed by atoms with Gasteiger partial charge in [0, 0.05) is 13.7 Å². The minimum Gasteiger partial charge on any atom is -0.491 e. The molecule has 2 aromatic rings. The van der Waals surface area contributed by atoms with Crippen LogP contribution in [-0.2, 0) is 16.1 Å². The van der Waals surface area contributed by atoms with Gasteiger partial charge in [0.15, 0.2) is 6.10 Å². The van der Waals surface area contributed by atoms with Crippen LogP contribution in [0.4, 0.5) is 0 Å². The van der Waals surface area contributed by atoms with Crippen LogP contribution in [0.5, 0.6) is 5.75 Å². The van der Waals surface area contributed by atoms with Crippen LogP contribution in [0.25, 0.3) is 0 Å². The van der Waals surface area contributed by atoms with Crippen LogP contribution in [0.1, 0.15) is 36.6 Å². The Labute approximate surface area is 148 Å². The van der Waals surface area contributed by atoms with Gasteiger partial charge in [0.1, 0.15) is 5.75 Å². The minimum atomic E-state index is -0.688. The van der Waals surface area contributed by atoms with Crippen molar-refractivity contribution in [3.05, 3.63) is 65.2 Å². The first kappa shape index (κ1) is 18.5. The molecule has 0 heterocycles. The first-order valence-corrected chi connectivity index (χ1v) is 8.09. The van der Waals surface area contributed by atoms with Crippen LogP contribution in [0.2, 0.25) is 0 Å². The SMILES string of the molecule is COC(C(=O)NCc1ccc(C#N)cc1)c1ccc(OC(C)C)cc1. The fourth-order valence-electron chi connectivity index (χ4n) is 2.37. The van der Waals surface area contributed by atoms with E-state index in [9.17, 15) is 4.79 Å². The molecule has 5 heteroatoms. The third-order valence-electron chi connectivity index (χ3n) is 3.58. The monoisotopic (exact) mass is 338 g/mol. The molecule has 2 rings (SSSR count). The van der Waals surface area contributed by atoms with E-state index in [2.05, 4.69) is 11.4 Å². The van der Waals surface area contributed by atoms with Crippen LogP contribution < -0.4 is 10.1 Å². The Bertz CT molecular complexity index is 731. The molecule has 2 aromatic carbocycles. The quantitative estimate of drug-likeness (QED) is 0.840. The molecule has 0 aromatic heterocycles. The Hall–Kier alpha value is -2.84. The van der Waals surface area contributed by atoms with Crippen molar-refractivity contribution >= 4 is 5.91 Å². The van der Waals surface area contributed by atoms with Crippen molar-refractivity contribution in [3.8, 4) is 11.8 Å². The molecule has 25 heavy (non-hydrogen) atoms. The normalized spacial score (nSPS) is 11.6. The van der Waals surface area contributed by atoms with Gasteiger partial charge in [0.25, 0.3) is 5.91 Å². The zero-order chi connectivity index (χ0) is 18.2. The number of carbonyl (C=O) groups is 1. The lowest BCUT2D eigenvalue weighted by Crippen LogP contribution is -2.30. The molecule has 130 valence electrons. The summed E-state index contributed by atoms with van der Waals surface area (Å²) in [7, 11) is 1.50. The Kier molecular flexibility index (Phi) is 6.55. The standard InChI is InChI=1S/C20H22N2O3/c1-14(2)25-18-10-8-17(9-11-18)19(24-3)20(23)22-13-16-6-4-15(12-21)5-7-16/h4-11,14,19H,13H2,1-3H3,(H,22,23). The molecule has 0 aliphatic carbocycles. The number of nitrogens with one attached hydrogen (secondary N) is 1. The van der Waals surface area contributed by atoms with Crippen LogP contribution in [0.15, 0.2) is 48.5 Å². The number of benzene rings is 2. The Morgan fingerprint density at radius 3 is 2.28 bits per heavy atom. The van der Waals surface area contributed by atoms with Crippen LogP contribution in [-0.4, -0.2) is 19.1 Å². The van der Waals surface area contributed by atoms with E-state index in [1.807, 2.05) is 50.2 Å². The highest BCUT2D eigenvalue weighted by Crippen LogP contribution is 2.21. The lowest BCUT2D eigenvalue weighted by molar-refractivity contribution is -0.131. The first-order valence-electron chi connectivity index (χ1n) is 8.09. The molecule has 5 nitrogen and oxygen atoms in total. The van der Waals surface area contributed by atoms with Gasteiger partial charge in [-0.15, -0.1) is 0 Å². The number of ether oxygens (including phenoxy) is 2. The number of methoxy groups -OCH3 is 1. The predicted molar refractivity (Wildman–Crippen MR) is 95.0 cm³/mol. The number of hydrogen-bond donors (Lipinski definition) is 1. The van der Waals surface area contributed by atoms with E-state index < -0.39 is 6.10 Å².